The molecule has 2 aliphatic rings. The first-order valence-electron chi connectivity index (χ1n) is 3.71. The van der Waals surface area contributed by atoms with Crippen molar-refractivity contribution in [2.24, 2.45) is 0 Å². The van der Waals surface area contributed by atoms with Gasteiger partial charge in [0.15, 0.2) is 0 Å². The van der Waals surface area contributed by atoms with Crippen LogP contribution in [0, 0.1) is 64.2 Å². The first-order valence-corrected chi connectivity index (χ1v) is 4.47. The molecule has 0 atom stereocenters. The Kier molecular flexibility index (Phi) is 20.0. The molecule has 2 aliphatic carbocycles. The van der Waals surface area contributed by atoms with Crippen LogP contribution in [0.3, 0.4) is 0 Å². The Hall–Kier alpha value is 1.17. The molecule has 0 nitrogen and oxygen atoms in total. The van der Waals surface area contributed by atoms with E-state index in [0.717, 1.165) is 0 Å². The minimum Gasteiger partial charge on any atom is -0.130 e. The van der Waals surface area contributed by atoms with Crippen LogP contribution in [0.2, 0.25) is 0 Å². The van der Waals surface area contributed by atoms with Crippen LogP contribution in [0.1, 0.15) is 0 Å². The number of halogens is 1. The predicted octanol–water partition coefficient (Wildman–Crippen LogP) is 2.90. The van der Waals surface area contributed by atoms with Crippen LogP contribution in [-0.2, 0) is 26.2 Å². The van der Waals surface area contributed by atoms with E-state index in [1.165, 1.54) is 6.38 Å². The quantitative estimate of drug-likeness (QED) is 0.595. The van der Waals surface area contributed by atoms with Gasteiger partial charge < -0.3 is 0 Å². The molecule has 0 heterocycles. The van der Waals surface area contributed by atoms with E-state index in [4.69, 9.17) is 0 Å². The monoisotopic (exact) mass is 270 g/mol. The van der Waals surface area contributed by atoms with Gasteiger partial charge in [0.25, 0.3) is 0 Å². The molecule has 0 unspecified atom stereocenters. The van der Waals surface area contributed by atoms with Crippen LogP contribution >= 0.6 is 11.6 Å². The first-order chi connectivity index (χ1) is 6.00. The topological polar surface area (TPSA) is 0 Å². The molecule has 68 valence electrons. The first kappa shape index (κ1) is 16.6. The molecule has 0 N–H and O–H groups in total. The SMILES string of the molecule is CCl.[CH]1[CH][CH][CH][CH]1.[CH]1[CH][CH][CH][CH]1.[Zr]. The normalized spacial score (nSPS) is 18.9. The zero-order valence-electron chi connectivity index (χ0n) is 7.65. The summed E-state index contributed by atoms with van der Waals surface area (Å²) in [6.45, 7) is 0. The van der Waals surface area contributed by atoms with E-state index in [2.05, 4.69) is 11.6 Å². The molecular formula is C11H13ClZr. The fourth-order valence-corrected chi connectivity index (χ4v) is 0.642. The molecule has 2 rings (SSSR count). The molecule has 2 heteroatoms. The average Bonchev–Trinajstić information content (AvgIpc) is 2.87. The molecule has 0 amide bonds. The van der Waals surface area contributed by atoms with E-state index in [1.807, 2.05) is 64.2 Å². The molecule has 0 aromatic heterocycles. The van der Waals surface area contributed by atoms with Crippen LogP contribution < -0.4 is 0 Å². The molecule has 0 bridgehead atoms. The summed E-state index contributed by atoms with van der Waals surface area (Å²) in [5, 5.41) is 0. The van der Waals surface area contributed by atoms with E-state index >= 15 is 0 Å². The van der Waals surface area contributed by atoms with Gasteiger partial charge in [0.05, 0.1) is 0 Å². The molecule has 0 aromatic carbocycles. The van der Waals surface area contributed by atoms with Crippen LogP contribution in [0.5, 0.6) is 0 Å². The molecular weight excluding hydrogens is 259 g/mol. The van der Waals surface area contributed by atoms with Crippen molar-refractivity contribution in [1.29, 1.82) is 0 Å². The molecule has 0 saturated heterocycles. The fourth-order valence-electron chi connectivity index (χ4n) is 0.642. The summed E-state index contributed by atoms with van der Waals surface area (Å²) in [5.74, 6) is 0. The third-order valence-corrected chi connectivity index (χ3v) is 1.11. The summed E-state index contributed by atoms with van der Waals surface area (Å²) in [7, 11) is 0. The smallest absolute Gasteiger partial charge is 0.0108 e. The van der Waals surface area contributed by atoms with Crippen molar-refractivity contribution in [3.63, 3.8) is 0 Å². The van der Waals surface area contributed by atoms with Gasteiger partial charge in [0.1, 0.15) is 0 Å². The maximum absolute atomic E-state index is 4.64. The van der Waals surface area contributed by atoms with Crippen molar-refractivity contribution >= 4 is 11.6 Å². The number of rotatable bonds is 0. The van der Waals surface area contributed by atoms with Gasteiger partial charge in [-0.1, -0.05) is 0 Å². The predicted molar refractivity (Wildman–Crippen MR) is 54.8 cm³/mol. The number of hydrogen-bond acceptors (Lipinski definition) is 0. The second-order valence-corrected chi connectivity index (χ2v) is 1.92. The zero-order valence-corrected chi connectivity index (χ0v) is 10.9. The van der Waals surface area contributed by atoms with Crippen molar-refractivity contribution in [3.8, 4) is 0 Å². The molecule has 0 aromatic rings. The minimum absolute atomic E-state index is 0. The van der Waals surface area contributed by atoms with Gasteiger partial charge in [-0.2, -0.15) is 0 Å². The van der Waals surface area contributed by atoms with Crippen molar-refractivity contribution in [2.75, 3.05) is 6.38 Å². The van der Waals surface area contributed by atoms with Gasteiger partial charge in [0, 0.05) is 32.6 Å². The van der Waals surface area contributed by atoms with Crippen LogP contribution in [0.15, 0.2) is 0 Å². The Morgan fingerprint density at radius 2 is 0.538 bits per heavy atom. The summed E-state index contributed by atoms with van der Waals surface area (Å²) in [4.78, 5) is 0. The van der Waals surface area contributed by atoms with Crippen molar-refractivity contribution in [2.45, 2.75) is 0 Å². The van der Waals surface area contributed by atoms with E-state index in [9.17, 15) is 0 Å². The Morgan fingerprint density at radius 1 is 0.462 bits per heavy atom. The van der Waals surface area contributed by atoms with Crippen molar-refractivity contribution < 1.29 is 26.2 Å². The molecule has 10 radical (unpaired) electrons. The second-order valence-electron chi connectivity index (χ2n) is 1.92. The second kappa shape index (κ2) is 15.6. The third-order valence-electron chi connectivity index (χ3n) is 1.11. The molecule has 2 saturated carbocycles. The zero-order chi connectivity index (χ0) is 9.07. The molecule has 13 heavy (non-hydrogen) atoms. The van der Waals surface area contributed by atoms with Crippen LogP contribution in [0.4, 0.5) is 0 Å². The maximum atomic E-state index is 4.64. The Morgan fingerprint density at radius 3 is 0.615 bits per heavy atom. The summed E-state index contributed by atoms with van der Waals surface area (Å²) in [6, 6.07) is 0. The van der Waals surface area contributed by atoms with Crippen LogP contribution in [-0.4, -0.2) is 6.38 Å². The number of alkyl halides is 1. The molecule has 0 aliphatic heterocycles. The van der Waals surface area contributed by atoms with E-state index in [0.29, 0.717) is 0 Å². The molecule has 2 fully saturated rings. The van der Waals surface area contributed by atoms with Crippen molar-refractivity contribution in [3.05, 3.63) is 64.2 Å². The van der Waals surface area contributed by atoms with Gasteiger partial charge in [-0.15, -0.1) is 11.6 Å². The van der Waals surface area contributed by atoms with E-state index in [-0.39, 0.29) is 26.2 Å². The standard InChI is InChI=1S/2C5H5.CH3Cl.Zr/c2*1-2-4-5-3-1;1-2;/h2*1-5H;1H3;. The van der Waals surface area contributed by atoms with Gasteiger partial charge in [-0.05, 0) is 64.2 Å². The van der Waals surface area contributed by atoms with E-state index < -0.39 is 0 Å². The van der Waals surface area contributed by atoms with Crippen LogP contribution in [0.25, 0.3) is 0 Å². The largest absolute Gasteiger partial charge is 0.130 e. The molecule has 0 spiro atoms. The third kappa shape index (κ3) is 13.2. The Bertz CT molecular complexity index is 43.3. The Balaban J connectivity index is 0. The van der Waals surface area contributed by atoms with Gasteiger partial charge >= 0.3 is 0 Å². The number of hydrogen-bond donors (Lipinski definition) is 0. The van der Waals surface area contributed by atoms with Gasteiger partial charge in [-0.25, -0.2) is 0 Å². The fraction of sp³-hybridized carbons (Fsp3) is 0.0909. The summed E-state index contributed by atoms with van der Waals surface area (Å²) < 4.78 is 0. The van der Waals surface area contributed by atoms with Gasteiger partial charge in [-0.3, -0.25) is 0 Å². The van der Waals surface area contributed by atoms with Gasteiger partial charge in [0.2, 0.25) is 0 Å². The average molecular weight is 272 g/mol. The summed E-state index contributed by atoms with van der Waals surface area (Å²) in [5.41, 5.74) is 0. The summed E-state index contributed by atoms with van der Waals surface area (Å²) >= 11 is 4.64. The summed E-state index contributed by atoms with van der Waals surface area (Å²) in [6.07, 6.45) is 21.5. The Labute approximate surface area is 108 Å². The van der Waals surface area contributed by atoms with Crippen molar-refractivity contribution in [1.82, 2.24) is 0 Å². The van der Waals surface area contributed by atoms with E-state index in [1.54, 1.807) is 0 Å². The maximum Gasteiger partial charge on any atom is 0.0108 e. The minimum atomic E-state index is 0.